The summed E-state index contributed by atoms with van der Waals surface area (Å²) in [5.74, 6) is 0. The Labute approximate surface area is 123 Å². The van der Waals surface area contributed by atoms with Crippen molar-refractivity contribution >= 4 is 24.0 Å². The molecule has 20 heavy (non-hydrogen) atoms. The van der Waals surface area contributed by atoms with Gasteiger partial charge in [0.25, 0.3) is 0 Å². The van der Waals surface area contributed by atoms with Gasteiger partial charge in [-0.15, -0.1) is 0 Å². The van der Waals surface area contributed by atoms with Gasteiger partial charge in [0, 0.05) is 12.7 Å². The zero-order valence-corrected chi connectivity index (χ0v) is 12.9. The van der Waals surface area contributed by atoms with E-state index in [-0.39, 0.29) is 5.28 Å². The minimum Gasteiger partial charge on any atom is -0.444 e. The summed E-state index contributed by atoms with van der Waals surface area (Å²) < 4.78 is 5.22. The summed E-state index contributed by atoms with van der Waals surface area (Å²) in [5, 5.41) is 0.0319. The van der Waals surface area contributed by atoms with Crippen LogP contribution in [-0.2, 0) is 9.53 Å². The first-order chi connectivity index (χ1) is 9.14. The highest BCUT2D eigenvalue weighted by atomic mass is 35.5. The molecule has 0 saturated heterocycles. The Morgan fingerprint density at radius 2 is 2.05 bits per heavy atom. The van der Waals surface area contributed by atoms with Gasteiger partial charge in [-0.2, -0.15) is 0 Å². The minimum atomic E-state index is -0.871. The molecule has 0 saturated carbocycles. The topological polar surface area (TPSA) is 72.4 Å². The molecule has 0 N–H and O–H groups in total. The van der Waals surface area contributed by atoms with Crippen molar-refractivity contribution in [3.05, 3.63) is 22.7 Å². The number of ether oxygens (including phenoxy) is 1. The predicted molar refractivity (Wildman–Crippen MR) is 74.6 cm³/mol. The largest absolute Gasteiger partial charge is 0.444 e. The number of carbonyl (C=O) groups excluding carboxylic acids is 2. The van der Waals surface area contributed by atoms with Crippen LogP contribution in [0.4, 0.5) is 4.79 Å². The minimum absolute atomic E-state index is 0.0319. The van der Waals surface area contributed by atoms with E-state index in [0.29, 0.717) is 17.7 Å². The molecule has 1 unspecified atom stereocenters. The summed E-state index contributed by atoms with van der Waals surface area (Å²) in [4.78, 5) is 32.3. The summed E-state index contributed by atoms with van der Waals surface area (Å²) >= 11 is 5.77. The molecule has 0 aliphatic carbocycles. The molecule has 7 heteroatoms. The third-order valence-electron chi connectivity index (χ3n) is 2.38. The van der Waals surface area contributed by atoms with E-state index in [2.05, 4.69) is 9.97 Å². The van der Waals surface area contributed by atoms with Gasteiger partial charge in [-0.3, -0.25) is 4.90 Å². The zero-order valence-electron chi connectivity index (χ0n) is 12.2. The van der Waals surface area contributed by atoms with Gasteiger partial charge in [0.2, 0.25) is 5.28 Å². The number of aromatic nitrogens is 2. The third-order valence-corrected chi connectivity index (χ3v) is 2.55. The lowest BCUT2D eigenvalue weighted by Gasteiger charge is -2.27. The average molecular weight is 300 g/mol. The standard InChI is InChI=1S/C13H18ClN3O3/c1-8-6-9(16-11(14)15-8)10(7-18)17(5)12(19)20-13(2,3)4/h6-7,10H,1-5H3. The van der Waals surface area contributed by atoms with E-state index in [1.165, 1.54) is 11.9 Å². The van der Waals surface area contributed by atoms with E-state index < -0.39 is 17.7 Å². The van der Waals surface area contributed by atoms with Gasteiger partial charge in [0.05, 0.1) is 5.69 Å². The molecule has 0 spiro atoms. The van der Waals surface area contributed by atoms with Crippen molar-refractivity contribution < 1.29 is 14.3 Å². The second-order valence-electron chi connectivity index (χ2n) is 5.38. The van der Waals surface area contributed by atoms with Crippen LogP contribution < -0.4 is 0 Å². The van der Waals surface area contributed by atoms with Gasteiger partial charge in [-0.05, 0) is 45.4 Å². The van der Waals surface area contributed by atoms with Crippen molar-refractivity contribution in [2.75, 3.05) is 7.05 Å². The Hall–Kier alpha value is -1.69. The SMILES string of the molecule is Cc1cc(C(C=O)N(C)C(=O)OC(C)(C)C)nc(Cl)n1. The Bertz CT molecular complexity index is 494. The van der Waals surface area contributed by atoms with Gasteiger partial charge in [0.1, 0.15) is 17.9 Å². The average Bonchev–Trinajstić information content (AvgIpc) is 2.26. The molecule has 1 aromatic rings. The Kier molecular flexibility index (Phi) is 5.05. The summed E-state index contributed by atoms with van der Waals surface area (Å²) in [5.41, 5.74) is 0.327. The number of rotatable bonds is 3. The normalized spacial score (nSPS) is 12.7. The van der Waals surface area contributed by atoms with Crippen LogP contribution in [0.15, 0.2) is 6.07 Å². The van der Waals surface area contributed by atoms with Crippen LogP contribution in [0.3, 0.4) is 0 Å². The van der Waals surface area contributed by atoms with Crippen molar-refractivity contribution in [1.29, 1.82) is 0 Å². The van der Waals surface area contributed by atoms with Crippen LogP contribution in [0.2, 0.25) is 5.28 Å². The maximum absolute atomic E-state index is 12.0. The molecule has 1 amide bonds. The zero-order chi connectivity index (χ0) is 15.5. The second-order valence-corrected chi connectivity index (χ2v) is 5.71. The smallest absolute Gasteiger partial charge is 0.410 e. The Morgan fingerprint density at radius 1 is 1.45 bits per heavy atom. The van der Waals surface area contributed by atoms with Crippen LogP contribution in [0.5, 0.6) is 0 Å². The fourth-order valence-electron chi connectivity index (χ4n) is 1.51. The first-order valence-corrected chi connectivity index (χ1v) is 6.44. The molecular weight excluding hydrogens is 282 g/mol. The number of likely N-dealkylation sites (N-methyl/N-ethyl adjacent to an activating group) is 1. The van der Waals surface area contributed by atoms with Crippen molar-refractivity contribution in [1.82, 2.24) is 14.9 Å². The first kappa shape index (κ1) is 16.4. The van der Waals surface area contributed by atoms with E-state index in [9.17, 15) is 9.59 Å². The molecule has 0 bridgehead atoms. The van der Waals surface area contributed by atoms with E-state index in [0.717, 1.165) is 0 Å². The highest BCUT2D eigenvalue weighted by molar-refractivity contribution is 6.28. The van der Waals surface area contributed by atoms with E-state index in [1.807, 2.05) is 0 Å². The highest BCUT2D eigenvalue weighted by Gasteiger charge is 2.27. The molecule has 0 fully saturated rings. The summed E-state index contributed by atoms with van der Waals surface area (Å²) in [6, 6.07) is 0.732. The number of amides is 1. The summed E-state index contributed by atoms with van der Waals surface area (Å²) in [6.07, 6.45) is 0.00385. The molecule has 0 radical (unpaired) electrons. The number of carbonyl (C=O) groups is 2. The monoisotopic (exact) mass is 299 g/mol. The van der Waals surface area contributed by atoms with Gasteiger partial charge in [-0.1, -0.05) is 0 Å². The van der Waals surface area contributed by atoms with Crippen molar-refractivity contribution in [2.24, 2.45) is 0 Å². The van der Waals surface area contributed by atoms with Crippen molar-refractivity contribution in [2.45, 2.75) is 39.3 Å². The number of hydrogen-bond acceptors (Lipinski definition) is 5. The van der Waals surface area contributed by atoms with Crippen LogP contribution in [0, 0.1) is 6.92 Å². The van der Waals surface area contributed by atoms with Gasteiger partial charge in [0.15, 0.2) is 0 Å². The second kappa shape index (κ2) is 6.17. The fraction of sp³-hybridized carbons (Fsp3) is 0.538. The molecule has 0 aromatic carbocycles. The first-order valence-electron chi connectivity index (χ1n) is 6.06. The van der Waals surface area contributed by atoms with E-state index in [1.54, 1.807) is 33.8 Å². The lowest BCUT2D eigenvalue weighted by Crippen LogP contribution is -2.37. The third kappa shape index (κ3) is 4.45. The Balaban J connectivity index is 3.00. The lowest BCUT2D eigenvalue weighted by molar-refractivity contribution is -0.112. The summed E-state index contributed by atoms with van der Waals surface area (Å²) in [6.45, 7) is 6.98. The lowest BCUT2D eigenvalue weighted by atomic mass is 10.2. The fourth-order valence-corrected chi connectivity index (χ4v) is 1.74. The summed E-state index contributed by atoms with van der Waals surface area (Å²) in [7, 11) is 1.47. The quantitative estimate of drug-likeness (QED) is 0.633. The van der Waals surface area contributed by atoms with Crippen LogP contribution in [0.1, 0.15) is 38.2 Å². The van der Waals surface area contributed by atoms with Crippen molar-refractivity contribution in [3.63, 3.8) is 0 Å². The number of hydrogen-bond donors (Lipinski definition) is 0. The molecule has 1 atom stereocenters. The molecular formula is C13H18ClN3O3. The molecule has 1 aromatic heterocycles. The van der Waals surface area contributed by atoms with E-state index in [4.69, 9.17) is 16.3 Å². The van der Waals surface area contributed by atoms with Crippen molar-refractivity contribution in [3.8, 4) is 0 Å². The molecule has 1 rings (SSSR count). The molecule has 0 aliphatic rings. The van der Waals surface area contributed by atoms with Gasteiger partial charge >= 0.3 is 6.09 Å². The van der Waals surface area contributed by atoms with Crippen LogP contribution in [-0.4, -0.2) is 39.9 Å². The molecule has 1 heterocycles. The predicted octanol–water partition coefficient (Wildman–Crippen LogP) is 2.55. The highest BCUT2D eigenvalue weighted by Crippen LogP contribution is 2.20. The maximum atomic E-state index is 12.0. The van der Waals surface area contributed by atoms with Gasteiger partial charge in [-0.25, -0.2) is 14.8 Å². The van der Waals surface area contributed by atoms with Gasteiger partial charge < -0.3 is 9.53 Å². The van der Waals surface area contributed by atoms with Crippen LogP contribution >= 0.6 is 11.6 Å². The Morgan fingerprint density at radius 3 is 2.50 bits per heavy atom. The van der Waals surface area contributed by atoms with E-state index >= 15 is 0 Å². The number of halogens is 1. The number of aldehydes is 1. The molecule has 0 aliphatic heterocycles. The number of aryl methyl sites for hydroxylation is 1. The molecule has 6 nitrogen and oxygen atoms in total. The molecule has 110 valence electrons. The van der Waals surface area contributed by atoms with Crippen LogP contribution in [0.25, 0.3) is 0 Å². The number of nitrogens with zero attached hydrogens (tertiary/aromatic N) is 3. The maximum Gasteiger partial charge on any atom is 0.410 e.